The van der Waals surface area contributed by atoms with E-state index in [2.05, 4.69) is 0 Å². The summed E-state index contributed by atoms with van der Waals surface area (Å²) in [5, 5.41) is 10.6. The van der Waals surface area contributed by atoms with Gasteiger partial charge in [-0.3, -0.25) is 19.7 Å². The Labute approximate surface area is 167 Å². The third kappa shape index (κ3) is 6.48. The number of hydrogen-bond acceptors (Lipinski definition) is 8. The molecule has 28 heavy (non-hydrogen) atoms. The van der Waals surface area contributed by atoms with Crippen LogP contribution in [0.3, 0.4) is 0 Å². The number of thioether (sulfide) groups is 1. The van der Waals surface area contributed by atoms with Crippen molar-refractivity contribution in [1.29, 1.82) is 0 Å². The molecule has 1 aliphatic rings. The lowest BCUT2D eigenvalue weighted by Crippen LogP contribution is -2.43. The zero-order valence-electron chi connectivity index (χ0n) is 15.4. The van der Waals surface area contributed by atoms with Gasteiger partial charge in [-0.1, -0.05) is 6.92 Å². The highest BCUT2D eigenvalue weighted by Gasteiger charge is 2.34. The number of hydrogen-bond donors (Lipinski definition) is 0. The van der Waals surface area contributed by atoms with Crippen molar-refractivity contribution in [2.45, 2.75) is 30.7 Å². The van der Waals surface area contributed by atoms with Crippen LogP contribution in [0.4, 0.5) is 5.69 Å². The van der Waals surface area contributed by atoms with Gasteiger partial charge in [0.15, 0.2) is 16.4 Å². The Kier molecular flexibility index (Phi) is 7.81. The van der Waals surface area contributed by atoms with Gasteiger partial charge in [0.05, 0.1) is 22.2 Å². The molecule has 0 aliphatic carbocycles. The molecule has 0 unspecified atom stereocenters. The first-order valence-electron chi connectivity index (χ1n) is 8.74. The molecule has 1 aromatic rings. The lowest BCUT2D eigenvalue weighted by Gasteiger charge is -2.27. The van der Waals surface area contributed by atoms with Crippen LogP contribution in [0.5, 0.6) is 0 Å². The molecule has 9 nitrogen and oxygen atoms in total. The second-order valence-corrected chi connectivity index (χ2v) is 9.62. The fourth-order valence-electron chi connectivity index (χ4n) is 2.85. The Morgan fingerprint density at radius 3 is 2.54 bits per heavy atom. The second kappa shape index (κ2) is 9.87. The number of carbonyl (C=O) groups excluding carboxylic acids is 2. The van der Waals surface area contributed by atoms with Gasteiger partial charge in [0.2, 0.25) is 0 Å². The third-order valence-corrected chi connectivity index (χ3v) is 6.93. The highest BCUT2D eigenvalue weighted by Crippen LogP contribution is 2.22. The summed E-state index contributed by atoms with van der Waals surface area (Å²) >= 11 is 1.14. The highest BCUT2D eigenvalue weighted by molar-refractivity contribution is 8.00. The first-order chi connectivity index (χ1) is 13.2. The van der Waals surface area contributed by atoms with Crippen molar-refractivity contribution in [3.05, 3.63) is 34.4 Å². The van der Waals surface area contributed by atoms with E-state index in [-0.39, 0.29) is 29.0 Å². The number of nitrogens with zero attached hydrogens (tertiary/aromatic N) is 2. The quantitative estimate of drug-likeness (QED) is 0.251. The van der Waals surface area contributed by atoms with Gasteiger partial charge in [-0.05, 0) is 25.0 Å². The Bertz CT molecular complexity index is 824. The predicted octanol–water partition coefficient (Wildman–Crippen LogP) is 1.66. The molecule has 0 N–H and O–H groups in total. The van der Waals surface area contributed by atoms with Crippen molar-refractivity contribution in [1.82, 2.24) is 4.90 Å². The molecule has 1 saturated heterocycles. The van der Waals surface area contributed by atoms with Gasteiger partial charge in [-0.15, -0.1) is 11.8 Å². The van der Waals surface area contributed by atoms with Crippen molar-refractivity contribution in [2.75, 3.05) is 30.4 Å². The van der Waals surface area contributed by atoms with E-state index in [4.69, 9.17) is 4.74 Å². The molecule has 0 bridgehead atoms. The topological polar surface area (TPSA) is 124 Å². The molecule has 1 aliphatic heterocycles. The van der Waals surface area contributed by atoms with E-state index in [1.165, 1.54) is 29.2 Å². The van der Waals surface area contributed by atoms with Gasteiger partial charge >= 0.3 is 5.97 Å². The standard InChI is InChI=1S/C17H22N2O7S2/c1-2-8-18(14-7-9-28(24,25)12-14)16(20)10-26-17(21)11-27-15-5-3-13(4-6-15)19(22)23/h3-6,14H,2,7-12H2,1H3/t14-/m1/s1. The summed E-state index contributed by atoms with van der Waals surface area (Å²) in [5.41, 5.74) is -0.0394. The van der Waals surface area contributed by atoms with Gasteiger partial charge in [0.1, 0.15) is 0 Å². The molecule has 0 radical (unpaired) electrons. The number of amides is 1. The summed E-state index contributed by atoms with van der Waals surface area (Å²) in [7, 11) is -3.12. The monoisotopic (exact) mass is 430 g/mol. The fraction of sp³-hybridized carbons (Fsp3) is 0.529. The minimum Gasteiger partial charge on any atom is -0.455 e. The lowest BCUT2D eigenvalue weighted by atomic mass is 10.2. The molecular weight excluding hydrogens is 408 g/mol. The maximum atomic E-state index is 12.4. The molecular formula is C17H22N2O7S2. The van der Waals surface area contributed by atoms with Crippen LogP contribution in [0.25, 0.3) is 0 Å². The van der Waals surface area contributed by atoms with E-state index < -0.39 is 33.2 Å². The molecule has 11 heteroatoms. The van der Waals surface area contributed by atoms with Crippen molar-refractivity contribution in [3.63, 3.8) is 0 Å². The highest BCUT2D eigenvalue weighted by atomic mass is 32.2. The summed E-state index contributed by atoms with van der Waals surface area (Å²) in [6, 6.07) is 5.38. The number of ether oxygens (including phenoxy) is 1. The summed E-state index contributed by atoms with van der Waals surface area (Å²) in [6.07, 6.45) is 1.07. The van der Waals surface area contributed by atoms with Gasteiger partial charge in [-0.25, -0.2) is 8.42 Å². The van der Waals surface area contributed by atoms with E-state index in [1.54, 1.807) is 0 Å². The SMILES string of the molecule is CCCN(C(=O)COC(=O)CSc1ccc([N+](=O)[O-])cc1)[C@@H]1CCS(=O)(=O)C1. The first kappa shape index (κ1) is 22.2. The second-order valence-electron chi connectivity index (χ2n) is 6.34. The predicted molar refractivity (Wildman–Crippen MR) is 104 cm³/mol. The Hall–Kier alpha value is -2.14. The zero-order valence-corrected chi connectivity index (χ0v) is 17.0. The molecule has 1 fully saturated rings. The lowest BCUT2D eigenvalue weighted by molar-refractivity contribution is -0.384. The summed E-state index contributed by atoms with van der Waals surface area (Å²) in [5.74, 6) is -1.03. The summed E-state index contributed by atoms with van der Waals surface area (Å²) in [6.45, 7) is 1.86. The number of non-ortho nitro benzene ring substituents is 1. The number of nitro benzene ring substituents is 1. The maximum absolute atomic E-state index is 12.4. The van der Waals surface area contributed by atoms with Crippen molar-refractivity contribution in [3.8, 4) is 0 Å². The van der Waals surface area contributed by atoms with Crippen LogP contribution >= 0.6 is 11.8 Å². The van der Waals surface area contributed by atoms with Crippen LogP contribution in [0.15, 0.2) is 29.2 Å². The molecule has 0 aromatic heterocycles. The molecule has 154 valence electrons. The zero-order chi connectivity index (χ0) is 20.7. The Morgan fingerprint density at radius 2 is 2.00 bits per heavy atom. The Morgan fingerprint density at radius 1 is 1.32 bits per heavy atom. The van der Waals surface area contributed by atoms with Crippen LogP contribution in [0.1, 0.15) is 19.8 Å². The van der Waals surface area contributed by atoms with E-state index in [0.29, 0.717) is 24.3 Å². The minimum absolute atomic E-state index is 0.0394. The van der Waals surface area contributed by atoms with Crippen LogP contribution < -0.4 is 0 Å². The van der Waals surface area contributed by atoms with E-state index in [0.717, 1.165) is 11.8 Å². The summed E-state index contributed by atoms with van der Waals surface area (Å²) < 4.78 is 28.3. The molecule has 1 aromatic carbocycles. The first-order valence-corrected chi connectivity index (χ1v) is 11.6. The van der Waals surface area contributed by atoms with E-state index >= 15 is 0 Å². The fourth-order valence-corrected chi connectivity index (χ4v) is 5.27. The molecule has 1 amide bonds. The van der Waals surface area contributed by atoms with Crippen molar-refractivity contribution >= 4 is 39.2 Å². The molecule has 0 saturated carbocycles. The number of carbonyl (C=O) groups is 2. The van der Waals surface area contributed by atoms with Crippen molar-refractivity contribution in [2.24, 2.45) is 0 Å². The summed E-state index contributed by atoms with van der Waals surface area (Å²) in [4.78, 5) is 36.5. The smallest absolute Gasteiger partial charge is 0.316 e. The van der Waals surface area contributed by atoms with E-state index in [9.17, 15) is 28.1 Å². The van der Waals surface area contributed by atoms with Crippen LogP contribution in [-0.2, 0) is 24.2 Å². The molecule has 2 rings (SSSR count). The maximum Gasteiger partial charge on any atom is 0.316 e. The van der Waals surface area contributed by atoms with Gasteiger partial charge in [0, 0.05) is 29.6 Å². The largest absolute Gasteiger partial charge is 0.455 e. The minimum atomic E-state index is -3.12. The van der Waals surface area contributed by atoms with Crippen LogP contribution in [-0.4, -0.2) is 66.6 Å². The van der Waals surface area contributed by atoms with Crippen LogP contribution in [0.2, 0.25) is 0 Å². The number of benzene rings is 1. The number of sulfone groups is 1. The average Bonchev–Trinajstić information content (AvgIpc) is 3.02. The number of rotatable bonds is 9. The molecule has 1 heterocycles. The van der Waals surface area contributed by atoms with Gasteiger partial charge < -0.3 is 9.64 Å². The van der Waals surface area contributed by atoms with Crippen molar-refractivity contribution < 1.29 is 27.7 Å². The average molecular weight is 431 g/mol. The van der Waals surface area contributed by atoms with E-state index in [1.807, 2.05) is 6.92 Å². The van der Waals surface area contributed by atoms with Crippen LogP contribution in [0, 0.1) is 10.1 Å². The third-order valence-electron chi connectivity index (χ3n) is 4.19. The van der Waals surface area contributed by atoms with Gasteiger partial charge in [-0.2, -0.15) is 0 Å². The number of esters is 1. The Balaban J connectivity index is 1.81. The normalized spacial score (nSPS) is 17.8. The molecule has 1 atom stereocenters. The number of nitro groups is 1. The molecule has 0 spiro atoms. The van der Waals surface area contributed by atoms with Gasteiger partial charge in [0.25, 0.3) is 11.6 Å².